The summed E-state index contributed by atoms with van der Waals surface area (Å²) in [5.41, 5.74) is 9.48. The summed E-state index contributed by atoms with van der Waals surface area (Å²) < 4.78 is 34.9. The van der Waals surface area contributed by atoms with Crippen molar-refractivity contribution in [1.82, 2.24) is 15.0 Å². The molecule has 1 saturated heterocycles. The van der Waals surface area contributed by atoms with Gasteiger partial charge in [0.05, 0.1) is 12.8 Å². The molecule has 1 aliphatic rings. The van der Waals surface area contributed by atoms with E-state index < -0.39 is 9.84 Å². The van der Waals surface area contributed by atoms with E-state index in [2.05, 4.69) is 10.3 Å². The topological polar surface area (TPSA) is 129 Å². The van der Waals surface area contributed by atoms with Gasteiger partial charge >= 0.3 is 0 Å². The summed E-state index contributed by atoms with van der Waals surface area (Å²) in [7, 11) is -1.99. The molecule has 1 aromatic carbocycles. The number of nitrogen functional groups attached to an aromatic ring is 1. The molecule has 32 heavy (non-hydrogen) atoms. The van der Waals surface area contributed by atoms with E-state index in [0.717, 1.165) is 30.6 Å². The molecule has 2 aromatic heterocycles. The number of nitrogens with zero attached hydrogens (tertiary/aromatic N) is 3. The zero-order valence-corrected chi connectivity index (χ0v) is 19.2. The van der Waals surface area contributed by atoms with Crippen molar-refractivity contribution in [1.29, 1.82) is 0 Å². The summed E-state index contributed by atoms with van der Waals surface area (Å²) in [5.74, 6) is 1.27. The van der Waals surface area contributed by atoms with Gasteiger partial charge in [-0.3, -0.25) is 0 Å². The molecule has 3 aromatic rings. The second-order valence-electron chi connectivity index (χ2n) is 7.80. The van der Waals surface area contributed by atoms with Crippen LogP contribution in [-0.2, 0) is 21.0 Å². The van der Waals surface area contributed by atoms with Crippen molar-refractivity contribution >= 4 is 32.5 Å². The summed E-state index contributed by atoms with van der Waals surface area (Å²) in [6.07, 6.45) is 5.27. The van der Waals surface area contributed by atoms with Crippen LogP contribution in [0.15, 0.2) is 29.3 Å². The molecule has 0 amide bonds. The highest BCUT2D eigenvalue weighted by Crippen LogP contribution is 2.35. The number of sulfone groups is 1. The zero-order valence-electron chi connectivity index (χ0n) is 18.4. The Hall–Kier alpha value is -2.98. The highest BCUT2D eigenvalue weighted by molar-refractivity contribution is 7.90. The van der Waals surface area contributed by atoms with Gasteiger partial charge in [-0.05, 0) is 37.0 Å². The lowest BCUT2D eigenvalue weighted by atomic mass is 10.0. The second-order valence-corrected chi connectivity index (χ2v) is 9.78. The van der Waals surface area contributed by atoms with Crippen LogP contribution in [0.2, 0.25) is 0 Å². The summed E-state index contributed by atoms with van der Waals surface area (Å²) in [5, 5.41) is 3.52. The first kappa shape index (κ1) is 22.2. The fourth-order valence-electron chi connectivity index (χ4n) is 3.84. The predicted molar refractivity (Wildman–Crippen MR) is 124 cm³/mol. The van der Waals surface area contributed by atoms with E-state index in [1.54, 1.807) is 18.3 Å². The first-order valence-corrected chi connectivity index (χ1v) is 12.4. The number of methoxy groups -OCH3 is 1. The summed E-state index contributed by atoms with van der Waals surface area (Å²) in [6.45, 7) is 3.46. The van der Waals surface area contributed by atoms with Crippen LogP contribution in [0.5, 0.6) is 5.75 Å². The number of aromatic nitrogens is 3. The number of nitrogens with two attached hydrogens (primary N) is 1. The van der Waals surface area contributed by atoms with Gasteiger partial charge in [0.25, 0.3) is 0 Å². The van der Waals surface area contributed by atoms with Crippen LogP contribution < -0.4 is 15.8 Å². The van der Waals surface area contributed by atoms with E-state index in [4.69, 9.17) is 25.2 Å². The van der Waals surface area contributed by atoms with Crippen molar-refractivity contribution in [2.24, 2.45) is 0 Å². The summed E-state index contributed by atoms with van der Waals surface area (Å²) in [4.78, 5) is 14.1. The fraction of sp³-hybridized carbons (Fsp3) is 0.409. The van der Waals surface area contributed by atoms with Crippen LogP contribution in [0.1, 0.15) is 25.5 Å². The van der Waals surface area contributed by atoms with Gasteiger partial charge in [0.1, 0.15) is 27.5 Å². The number of hydrogen-bond donors (Lipinski definition) is 2. The normalized spacial score (nSPS) is 15.1. The Morgan fingerprint density at radius 3 is 2.62 bits per heavy atom. The third kappa shape index (κ3) is 4.33. The molecule has 0 unspecified atom stereocenters. The maximum Gasteiger partial charge on any atom is 0.179 e. The third-order valence-corrected chi connectivity index (χ3v) is 6.71. The highest BCUT2D eigenvalue weighted by atomic mass is 32.2. The van der Waals surface area contributed by atoms with Crippen LogP contribution in [0.25, 0.3) is 22.2 Å². The monoisotopic (exact) mass is 457 g/mol. The molecule has 10 heteroatoms. The van der Waals surface area contributed by atoms with Crippen LogP contribution >= 0.6 is 0 Å². The average molecular weight is 458 g/mol. The fourth-order valence-corrected chi connectivity index (χ4v) is 4.67. The Morgan fingerprint density at radius 1 is 1.22 bits per heavy atom. The highest BCUT2D eigenvalue weighted by Gasteiger charge is 2.21. The zero-order chi connectivity index (χ0) is 22.9. The van der Waals surface area contributed by atoms with Crippen LogP contribution in [0.3, 0.4) is 0 Å². The maximum absolute atomic E-state index is 12.1. The van der Waals surface area contributed by atoms with E-state index in [0.29, 0.717) is 47.6 Å². The predicted octanol–water partition coefficient (Wildman–Crippen LogP) is 2.84. The summed E-state index contributed by atoms with van der Waals surface area (Å²) >= 11 is 0. The van der Waals surface area contributed by atoms with Gasteiger partial charge in [-0.25, -0.2) is 23.4 Å². The smallest absolute Gasteiger partial charge is 0.179 e. The molecule has 0 atom stereocenters. The van der Waals surface area contributed by atoms with Gasteiger partial charge in [-0.15, -0.1) is 0 Å². The van der Waals surface area contributed by atoms with Crippen molar-refractivity contribution < 1.29 is 17.9 Å². The Kier molecular flexibility index (Phi) is 6.16. The van der Waals surface area contributed by atoms with E-state index >= 15 is 0 Å². The molecule has 1 fully saturated rings. The van der Waals surface area contributed by atoms with Gasteiger partial charge in [-0.2, -0.15) is 0 Å². The number of aryl methyl sites for hydroxylation is 1. The minimum absolute atomic E-state index is 0.123. The molecule has 0 radical (unpaired) electrons. The molecular weight excluding hydrogens is 430 g/mol. The molecule has 4 rings (SSSR count). The lowest BCUT2D eigenvalue weighted by Gasteiger charge is -2.24. The average Bonchev–Trinajstić information content (AvgIpc) is 2.78. The number of nitrogens with one attached hydrogen (secondary N) is 1. The van der Waals surface area contributed by atoms with Crippen molar-refractivity contribution in [2.75, 3.05) is 37.6 Å². The minimum Gasteiger partial charge on any atom is -0.495 e. The number of anilines is 2. The van der Waals surface area contributed by atoms with Crippen molar-refractivity contribution in [3.63, 3.8) is 0 Å². The van der Waals surface area contributed by atoms with Crippen LogP contribution in [0.4, 0.5) is 11.6 Å². The molecule has 1 aliphatic heterocycles. The van der Waals surface area contributed by atoms with Gasteiger partial charge in [0.15, 0.2) is 15.7 Å². The van der Waals surface area contributed by atoms with E-state index in [1.165, 1.54) is 13.2 Å². The second kappa shape index (κ2) is 8.87. The number of fused-ring (bicyclic) bond motifs is 1. The largest absolute Gasteiger partial charge is 0.495 e. The number of benzene rings is 1. The minimum atomic E-state index is -3.43. The van der Waals surface area contributed by atoms with Crippen LogP contribution in [-0.4, -0.2) is 56.0 Å². The SMILES string of the molecule is CCc1nc2c(N)ncc(-c3ccc(S(C)(=O)=O)c(OC)c3)c2nc1NC1CCOCC1. The molecule has 9 nitrogen and oxygen atoms in total. The molecule has 170 valence electrons. The quantitative estimate of drug-likeness (QED) is 0.574. The van der Waals surface area contributed by atoms with E-state index in [1.807, 2.05) is 6.92 Å². The number of rotatable bonds is 6. The lowest BCUT2D eigenvalue weighted by molar-refractivity contribution is 0.0903. The summed E-state index contributed by atoms with van der Waals surface area (Å²) in [6, 6.07) is 5.18. The van der Waals surface area contributed by atoms with Gasteiger partial charge in [-0.1, -0.05) is 13.0 Å². The van der Waals surface area contributed by atoms with Crippen molar-refractivity contribution in [3.05, 3.63) is 30.1 Å². The molecule has 0 saturated carbocycles. The number of hydrogen-bond acceptors (Lipinski definition) is 9. The van der Waals surface area contributed by atoms with Crippen LogP contribution in [0, 0.1) is 0 Å². The third-order valence-electron chi connectivity index (χ3n) is 5.57. The lowest BCUT2D eigenvalue weighted by Crippen LogP contribution is -2.29. The number of ether oxygens (including phenoxy) is 2. The standard InChI is InChI=1S/C22H27N5O4S/c1-4-16-22(25-14-7-9-31-10-8-14)27-19-15(12-24-21(23)20(19)26-16)13-5-6-18(32(3,28)29)17(11-13)30-2/h5-6,11-12,14H,4,7-10H2,1-3H3,(H2,23,24)(H,25,27). The Balaban J connectivity index is 1.86. The number of pyridine rings is 1. The Morgan fingerprint density at radius 2 is 1.97 bits per heavy atom. The van der Waals surface area contributed by atoms with E-state index in [9.17, 15) is 8.42 Å². The van der Waals surface area contributed by atoms with Gasteiger partial charge < -0.3 is 20.5 Å². The van der Waals surface area contributed by atoms with Crippen molar-refractivity contribution in [3.8, 4) is 16.9 Å². The first-order valence-electron chi connectivity index (χ1n) is 10.5. The molecule has 3 heterocycles. The van der Waals surface area contributed by atoms with Gasteiger partial charge in [0.2, 0.25) is 0 Å². The van der Waals surface area contributed by atoms with E-state index in [-0.39, 0.29) is 16.7 Å². The molecule has 0 aliphatic carbocycles. The molecule has 3 N–H and O–H groups in total. The first-order chi connectivity index (χ1) is 15.3. The molecule has 0 bridgehead atoms. The van der Waals surface area contributed by atoms with Crippen molar-refractivity contribution in [2.45, 2.75) is 37.1 Å². The Labute approximate surface area is 187 Å². The maximum atomic E-state index is 12.1. The Bertz CT molecular complexity index is 1260. The molecule has 0 spiro atoms. The van der Waals surface area contributed by atoms with Gasteiger partial charge in [0, 0.05) is 37.3 Å². The molecular formula is C22H27N5O4S.